The molecule has 7 heteroatoms. The predicted octanol–water partition coefficient (Wildman–Crippen LogP) is 4.31. The summed E-state index contributed by atoms with van der Waals surface area (Å²) in [5.74, 6) is -0.281. The van der Waals surface area contributed by atoms with E-state index in [1.165, 1.54) is 0 Å². The van der Waals surface area contributed by atoms with Crippen LogP contribution in [0.25, 0.3) is 0 Å². The first-order valence-electron chi connectivity index (χ1n) is 6.91. The molecule has 0 aliphatic rings. The molecule has 0 bridgehead atoms. The normalized spacial score (nSPS) is 11.3. The van der Waals surface area contributed by atoms with Crippen molar-refractivity contribution < 1.29 is 8.42 Å². The van der Waals surface area contributed by atoms with Crippen LogP contribution < -0.4 is 9.62 Å². The zero-order valence-electron chi connectivity index (χ0n) is 13.1. The van der Waals surface area contributed by atoms with Crippen LogP contribution in [0.1, 0.15) is 11.1 Å². The standard InChI is InChI=1S/C16H18Cl2N2O2S/c1-11-15(8-5-9-16(11)20(2)3)19-23(21,22)10-12-13(17)6-4-7-14(12)18/h4-9,19H,10H2,1-3H3. The highest BCUT2D eigenvalue weighted by Crippen LogP contribution is 2.29. The van der Waals surface area contributed by atoms with Gasteiger partial charge in [-0.05, 0) is 36.8 Å². The summed E-state index contributed by atoms with van der Waals surface area (Å²) in [6.07, 6.45) is 0. The number of nitrogens with zero attached hydrogens (tertiary/aromatic N) is 1. The van der Waals surface area contributed by atoms with E-state index < -0.39 is 10.0 Å². The molecule has 0 aliphatic carbocycles. The van der Waals surface area contributed by atoms with Gasteiger partial charge in [-0.25, -0.2) is 8.42 Å². The fourth-order valence-corrected chi connectivity index (χ4v) is 4.29. The Bertz CT molecular complexity index is 801. The first kappa shape index (κ1) is 17.9. The van der Waals surface area contributed by atoms with Crippen LogP contribution in [0.4, 0.5) is 11.4 Å². The molecule has 1 N–H and O–H groups in total. The maximum atomic E-state index is 12.5. The number of hydrogen-bond acceptors (Lipinski definition) is 3. The van der Waals surface area contributed by atoms with Crippen molar-refractivity contribution in [1.29, 1.82) is 0 Å². The molecule has 2 rings (SSSR count). The van der Waals surface area contributed by atoms with Gasteiger partial charge in [0.1, 0.15) is 0 Å². The molecule has 0 radical (unpaired) electrons. The molecule has 0 heterocycles. The third-order valence-electron chi connectivity index (χ3n) is 3.45. The van der Waals surface area contributed by atoms with Gasteiger partial charge < -0.3 is 4.90 Å². The van der Waals surface area contributed by atoms with Crippen molar-refractivity contribution in [3.63, 3.8) is 0 Å². The minimum Gasteiger partial charge on any atom is -0.377 e. The predicted molar refractivity (Wildman–Crippen MR) is 98.2 cm³/mol. The highest BCUT2D eigenvalue weighted by atomic mass is 35.5. The average molecular weight is 373 g/mol. The molecule has 4 nitrogen and oxygen atoms in total. The van der Waals surface area contributed by atoms with E-state index in [4.69, 9.17) is 23.2 Å². The van der Waals surface area contributed by atoms with Gasteiger partial charge in [0.15, 0.2) is 0 Å². The maximum absolute atomic E-state index is 12.5. The number of hydrogen-bond donors (Lipinski definition) is 1. The van der Waals surface area contributed by atoms with Gasteiger partial charge in [-0.3, -0.25) is 4.72 Å². The van der Waals surface area contributed by atoms with Crippen molar-refractivity contribution >= 4 is 44.6 Å². The highest BCUT2D eigenvalue weighted by molar-refractivity contribution is 7.91. The van der Waals surface area contributed by atoms with Gasteiger partial charge >= 0.3 is 0 Å². The zero-order chi connectivity index (χ0) is 17.2. The molecular weight excluding hydrogens is 355 g/mol. The third-order valence-corrected chi connectivity index (χ3v) is 5.36. The summed E-state index contributed by atoms with van der Waals surface area (Å²) in [7, 11) is 0.179. The molecule has 0 saturated carbocycles. The van der Waals surface area contributed by atoms with Crippen molar-refractivity contribution in [3.8, 4) is 0 Å². The van der Waals surface area contributed by atoms with Gasteiger partial charge in [0.2, 0.25) is 10.0 Å². The van der Waals surface area contributed by atoms with Gasteiger partial charge in [0.25, 0.3) is 0 Å². The van der Waals surface area contributed by atoms with Crippen molar-refractivity contribution in [1.82, 2.24) is 0 Å². The Morgan fingerprint density at radius 2 is 1.61 bits per heavy atom. The number of halogens is 2. The number of nitrogens with one attached hydrogen (secondary N) is 1. The maximum Gasteiger partial charge on any atom is 0.237 e. The number of rotatable bonds is 5. The summed E-state index contributed by atoms with van der Waals surface area (Å²) in [6, 6.07) is 10.4. The summed E-state index contributed by atoms with van der Waals surface area (Å²) < 4.78 is 27.5. The lowest BCUT2D eigenvalue weighted by Crippen LogP contribution is -2.17. The van der Waals surface area contributed by atoms with E-state index in [9.17, 15) is 8.42 Å². The lowest BCUT2D eigenvalue weighted by Gasteiger charge is -2.19. The largest absolute Gasteiger partial charge is 0.377 e. The molecular formula is C16H18Cl2N2O2S. The van der Waals surface area contributed by atoms with Crippen LogP contribution in [0.15, 0.2) is 36.4 Å². The molecule has 0 fully saturated rings. The van der Waals surface area contributed by atoms with Gasteiger partial charge in [-0.1, -0.05) is 35.3 Å². The average Bonchev–Trinajstić information content (AvgIpc) is 2.45. The summed E-state index contributed by atoms with van der Waals surface area (Å²) in [4.78, 5) is 1.93. The second kappa shape index (κ2) is 6.99. The quantitative estimate of drug-likeness (QED) is 0.850. The third kappa shape index (κ3) is 4.31. The van der Waals surface area contributed by atoms with Crippen molar-refractivity contribution in [3.05, 3.63) is 57.6 Å². The molecule has 0 unspecified atom stereocenters. The van der Waals surface area contributed by atoms with Crippen LogP contribution in [-0.2, 0) is 15.8 Å². The van der Waals surface area contributed by atoms with E-state index in [-0.39, 0.29) is 5.75 Å². The fraction of sp³-hybridized carbons (Fsp3) is 0.250. The minimum absolute atomic E-state index is 0.281. The number of benzene rings is 2. The summed E-state index contributed by atoms with van der Waals surface area (Å²) in [6.45, 7) is 1.87. The monoisotopic (exact) mass is 372 g/mol. The Balaban J connectivity index is 2.31. The van der Waals surface area contributed by atoms with E-state index in [0.717, 1.165) is 11.3 Å². The lowest BCUT2D eigenvalue weighted by atomic mass is 10.1. The molecule has 0 saturated heterocycles. The molecule has 0 atom stereocenters. The van der Waals surface area contributed by atoms with E-state index in [2.05, 4.69) is 4.72 Å². The molecule has 0 aliphatic heterocycles. The van der Waals surface area contributed by atoms with E-state index >= 15 is 0 Å². The first-order valence-corrected chi connectivity index (χ1v) is 9.32. The molecule has 0 spiro atoms. The highest BCUT2D eigenvalue weighted by Gasteiger charge is 2.18. The summed E-state index contributed by atoms with van der Waals surface area (Å²) in [5, 5.41) is 0.670. The van der Waals surface area contributed by atoms with Crippen LogP contribution in [-0.4, -0.2) is 22.5 Å². The molecule has 124 valence electrons. The first-order chi connectivity index (χ1) is 10.7. The molecule has 2 aromatic carbocycles. The Kier molecular flexibility index (Phi) is 5.45. The minimum atomic E-state index is -3.64. The van der Waals surface area contributed by atoms with Crippen molar-refractivity contribution in [2.45, 2.75) is 12.7 Å². The van der Waals surface area contributed by atoms with Crippen LogP contribution >= 0.6 is 23.2 Å². The summed E-state index contributed by atoms with van der Waals surface area (Å²) in [5.41, 5.74) is 2.73. The smallest absolute Gasteiger partial charge is 0.237 e. The molecule has 23 heavy (non-hydrogen) atoms. The summed E-state index contributed by atoms with van der Waals surface area (Å²) >= 11 is 12.1. The fourth-order valence-electron chi connectivity index (χ4n) is 2.28. The van der Waals surface area contributed by atoms with Crippen LogP contribution in [0, 0.1) is 6.92 Å². The Hall–Kier alpha value is -1.43. The number of anilines is 2. The van der Waals surface area contributed by atoms with Gasteiger partial charge in [0.05, 0.1) is 11.4 Å². The second-order valence-corrected chi connectivity index (χ2v) is 7.94. The van der Waals surface area contributed by atoms with Crippen molar-refractivity contribution in [2.24, 2.45) is 0 Å². The van der Waals surface area contributed by atoms with Gasteiger partial charge in [-0.15, -0.1) is 0 Å². The molecule has 2 aromatic rings. The Morgan fingerprint density at radius 3 is 2.17 bits per heavy atom. The van der Waals surface area contributed by atoms with Gasteiger partial charge in [0, 0.05) is 35.4 Å². The van der Waals surface area contributed by atoms with E-state index in [1.807, 2.05) is 38.1 Å². The SMILES string of the molecule is Cc1c(NS(=O)(=O)Cc2c(Cl)cccc2Cl)cccc1N(C)C. The second-order valence-electron chi connectivity index (χ2n) is 5.41. The zero-order valence-corrected chi connectivity index (χ0v) is 15.4. The van der Waals surface area contributed by atoms with Crippen LogP contribution in [0.3, 0.4) is 0 Å². The Morgan fingerprint density at radius 1 is 1.04 bits per heavy atom. The molecule has 0 amide bonds. The van der Waals surface area contributed by atoms with Crippen LogP contribution in [0.2, 0.25) is 10.0 Å². The van der Waals surface area contributed by atoms with E-state index in [1.54, 1.807) is 24.3 Å². The van der Waals surface area contributed by atoms with Gasteiger partial charge in [-0.2, -0.15) is 0 Å². The topological polar surface area (TPSA) is 49.4 Å². The number of sulfonamides is 1. The Labute approximate surface area is 147 Å². The van der Waals surface area contributed by atoms with E-state index in [0.29, 0.717) is 21.3 Å². The lowest BCUT2D eigenvalue weighted by molar-refractivity contribution is 0.600. The van der Waals surface area contributed by atoms with Crippen molar-refractivity contribution in [2.75, 3.05) is 23.7 Å². The van der Waals surface area contributed by atoms with Crippen LogP contribution in [0.5, 0.6) is 0 Å². The molecule has 0 aromatic heterocycles.